The fraction of sp³-hybridized carbons (Fsp3) is 0.588. The number of aromatic hydroxyl groups is 1. The standard InChI is InChI=1S/C17H27NO3/c1-12(2)11-21-16(20)18-9-8-13-6-7-15(19)14(10-13)17(3,4)5/h6-7,10,12,19H,8-9,11H2,1-5H3,(H,18,20). The van der Waals surface area contributed by atoms with Crippen molar-refractivity contribution >= 4 is 6.09 Å². The molecule has 0 aliphatic rings. The van der Waals surface area contributed by atoms with Crippen molar-refractivity contribution in [2.45, 2.75) is 46.5 Å². The van der Waals surface area contributed by atoms with Crippen molar-refractivity contribution in [3.05, 3.63) is 29.3 Å². The topological polar surface area (TPSA) is 58.6 Å². The van der Waals surface area contributed by atoms with Gasteiger partial charge in [0.2, 0.25) is 0 Å². The van der Waals surface area contributed by atoms with E-state index in [9.17, 15) is 9.90 Å². The number of amides is 1. The molecule has 0 aliphatic carbocycles. The molecule has 0 atom stereocenters. The molecule has 1 aromatic rings. The van der Waals surface area contributed by atoms with Crippen molar-refractivity contribution in [2.75, 3.05) is 13.2 Å². The lowest BCUT2D eigenvalue weighted by Gasteiger charge is -2.21. The van der Waals surface area contributed by atoms with E-state index in [1.807, 2.05) is 26.0 Å². The minimum atomic E-state index is -0.376. The molecule has 4 heteroatoms. The molecule has 1 amide bonds. The lowest BCUT2D eigenvalue weighted by molar-refractivity contribution is 0.133. The van der Waals surface area contributed by atoms with Gasteiger partial charge >= 0.3 is 6.09 Å². The zero-order valence-corrected chi connectivity index (χ0v) is 13.7. The normalized spacial score (nSPS) is 11.5. The summed E-state index contributed by atoms with van der Waals surface area (Å²) in [4.78, 5) is 11.4. The third-order valence-electron chi connectivity index (χ3n) is 3.10. The summed E-state index contributed by atoms with van der Waals surface area (Å²) in [7, 11) is 0. The van der Waals surface area contributed by atoms with Crippen LogP contribution in [0.5, 0.6) is 5.75 Å². The average molecular weight is 293 g/mol. The molecule has 21 heavy (non-hydrogen) atoms. The molecule has 0 radical (unpaired) electrons. The molecule has 0 aromatic heterocycles. The Kier molecular flexibility index (Phi) is 6.06. The first-order chi connectivity index (χ1) is 9.70. The van der Waals surface area contributed by atoms with Crippen LogP contribution in [-0.2, 0) is 16.6 Å². The van der Waals surface area contributed by atoms with E-state index in [4.69, 9.17) is 4.74 Å². The highest BCUT2D eigenvalue weighted by atomic mass is 16.5. The summed E-state index contributed by atoms with van der Waals surface area (Å²) in [5, 5.41) is 12.7. The molecule has 118 valence electrons. The number of carbonyl (C=O) groups is 1. The summed E-state index contributed by atoms with van der Waals surface area (Å²) >= 11 is 0. The van der Waals surface area contributed by atoms with Crippen LogP contribution in [0.1, 0.15) is 45.7 Å². The molecular formula is C17H27NO3. The summed E-state index contributed by atoms with van der Waals surface area (Å²) < 4.78 is 5.05. The number of rotatable bonds is 5. The molecule has 0 aliphatic heterocycles. The summed E-state index contributed by atoms with van der Waals surface area (Å²) in [6.07, 6.45) is 0.332. The van der Waals surface area contributed by atoms with Gasteiger partial charge in [-0.25, -0.2) is 4.79 Å². The Morgan fingerprint density at radius 2 is 2.00 bits per heavy atom. The monoisotopic (exact) mass is 293 g/mol. The van der Waals surface area contributed by atoms with Crippen LogP contribution in [0.3, 0.4) is 0 Å². The number of hydrogen-bond acceptors (Lipinski definition) is 3. The number of alkyl carbamates (subject to hydrolysis) is 1. The second kappa shape index (κ2) is 7.34. The van der Waals surface area contributed by atoms with Gasteiger partial charge in [0.05, 0.1) is 6.61 Å². The van der Waals surface area contributed by atoms with Crippen LogP contribution in [0.25, 0.3) is 0 Å². The molecule has 0 fully saturated rings. The number of ether oxygens (including phenoxy) is 1. The lowest BCUT2D eigenvalue weighted by Crippen LogP contribution is -2.27. The van der Waals surface area contributed by atoms with Gasteiger partial charge in [-0.15, -0.1) is 0 Å². The van der Waals surface area contributed by atoms with Gasteiger partial charge in [-0.2, -0.15) is 0 Å². The zero-order valence-electron chi connectivity index (χ0n) is 13.7. The predicted octanol–water partition coefficient (Wildman–Crippen LogP) is 3.61. The van der Waals surface area contributed by atoms with Crippen LogP contribution in [0.2, 0.25) is 0 Å². The van der Waals surface area contributed by atoms with Gasteiger partial charge in [0, 0.05) is 6.54 Å². The SMILES string of the molecule is CC(C)COC(=O)NCCc1ccc(O)c(C(C)(C)C)c1. The van der Waals surface area contributed by atoms with Gasteiger partial charge < -0.3 is 15.2 Å². The smallest absolute Gasteiger partial charge is 0.407 e. The van der Waals surface area contributed by atoms with E-state index in [-0.39, 0.29) is 11.5 Å². The lowest BCUT2D eigenvalue weighted by atomic mass is 9.85. The van der Waals surface area contributed by atoms with Crippen LogP contribution in [0.4, 0.5) is 4.79 Å². The molecular weight excluding hydrogens is 266 g/mol. The number of nitrogens with one attached hydrogen (secondary N) is 1. The van der Waals surface area contributed by atoms with E-state index in [0.717, 1.165) is 11.1 Å². The van der Waals surface area contributed by atoms with Crippen LogP contribution >= 0.6 is 0 Å². The highest BCUT2D eigenvalue weighted by Crippen LogP contribution is 2.31. The van der Waals surface area contributed by atoms with Crippen LogP contribution < -0.4 is 5.32 Å². The molecule has 0 spiro atoms. The van der Waals surface area contributed by atoms with Crippen molar-refractivity contribution in [1.82, 2.24) is 5.32 Å². The third kappa shape index (κ3) is 6.06. The predicted molar refractivity (Wildman–Crippen MR) is 84.7 cm³/mol. The van der Waals surface area contributed by atoms with E-state index < -0.39 is 0 Å². The van der Waals surface area contributed by atoms with Gasteiger partial charge in [0.15, 0.2) is 0 Å². The molecule has 1 rings (SSSR count). The maximum absolute atomic E-state index is 11.4. The van der Waals surface area contributed by atoms with Crippen molar-refractivity contribution in [2.24, 2.45) is 5.92 Å². The number of phenols is 1. The maximum atomic E-state index is 11.4. The Balaban J connectivity index is 2.51. The second-order valence-corrected chi connectivity index (χ2v) is 6.77. The maximum Gasteiger partial charge on any atom is 0.407 e. The van der Waals surface area contributed by atoms with Gasteiger partial charge in [-0.1, -0.05) is 46.8 Å². The van der Waals surface area contributed by atoms with E-state index in [1.165, 1.54) is 0 Å². The van der Waals surface area contributed by atoms with Crippen LogP contribution in [0.15, 0.2) is 18.2 Å². The molecule has 0 saturated heterocycles. The molecule has 0 saturated carbocycles. The summed E-state index contributed by atoms with van der Waals surface area (Å²) in [5.74, 6) is 0.651. The summed E-state index contributed by atoms with van der Waals surface area (Å²) in [5.41, 5.74) is 1.90. The minimum absolute atomic E-state index is 0.107. The number of benzene rings is 1. The van der Waals surface area contributed by atoms with E-state index in [0.29, 0.717) is 31.2 Å². The fourth-order valence-corrected chi connectivity index (χ4v) is 1.94. The Morgan fingerprint density at radius 3 is 2.57 bits per heavy atom. The van der Waals surface area contributed by atoms with Crippen molar-refractivity contribution in [3.63, 3.8) is 0 Å². The molecule has 0 unspecified atom stereocenters. The van der Waals surface area contributed by atoms with E-state index in [1.54, 1.807) is 6.07 Å². The van der Waals surface area contributed by atoms with Crippen LogP contribution in [-0.4, -0.2) is 24.4 Å². The Labute approximate surface area is 127 Å². The molecule has 1 aromatic carbocycles. The number of carbonyl (C=O) groups excluding carboxylic acids is 1. The van der Waals surface area contributed by atoms with Crippen LogP contribution in [0, 0.1) is 5.92 Å². The second-order valence-electron chi connectivity index (χ2n) is 6.77. The van der Waals surface area contributed by atoms with E-state index in [2.05, 4.69) is 26.1 Å². The highest BCUT2D eigenvalue weighted by molar-refractivity contribution is 5.67. The molecule has 0 bridgehead atoms. The fourth-order valence-electron chi connectivity index (χ4n) is 1.94. The Bertz CT molecular complexity index is 475. The van der Waals surface area contributed by atoms with Crippen molar-refractivity contribution < 1.29 is 14.6 Å². The molecule has 4 nitrogen and oxygen atoms in total. The zero-order chi connectivity index (χ0) is 16.0. The highest BCUT2D eigenvalue weighted by Gasteiger charge is 2.18. The third-order valence-corrected chi connectivity index (χ3v) is 3.10. The first-order valence-electron chi connectivity index (χ1n) is 7.43. The largest absolute Gasteiger partial charge is 0.508 e. The van der Waals surface area contributed by atoms with Crippen molar-refractivity contribution in [1.29, 1.82) is 0 Å². The molecule has 0 heterocycles. The average Bonchev–Trinajstić information content (AvgIpc) is 2.37. The first kappa shape index (κ1) is 17.3. The van der Waals surface area contributed by atoms with Crippen molar-refractivity contribution in [3.8, 4) is 5.75 Å². The number of hydrogen-bond donors (Lipinski definition) is 2. The summed E-state index contributed by atoms with van der Waals surface area (Å²) in [6, 6.07) is 5.59. The van der Waals surface area contributed by atoms with Gasteiger partial charge in [0.25, 0.3) is 0 Å². The van der Waals surface area contributed by atoms with E-state index >= 15 is 0 Å². The minimum Gasteiger partial charge on any atom is -0.508 e. The Hall–Kier alpha value is -1.71. The van der Waals surface area contributed by atoms with Gasteiger partial charge in [-0.3, -0.25) is 0 Å². The molecule has 2 N–H and O–H groups in total. The summed E-state index contributed by atoms with van der Waals surface area (Å²) in [6.45, 7) is 11.1. The quantitative estimate of drug-likeness (QED) is 0.872. The Morgan fingerprint density at radius 1 is 1.33 bits per heavy atom. The first-order valence-corrected chi connectivity index (χ1v) is 7.43. The number of phenolic OH excluding ortho intramolecular Hbond substituents is 1. The van der Waals surface area contributed by atoms with Gasteiger partial charge in [0.1, 0.15) is 5.75 Å². The van der Waals surface area contributed by atoms with Gasteiger partial charge in [-0.05, 0) is 34.9 Å².